The SMILES string of the molecule is O=C(NCCc1cc(F)ccc1[Se]c1ccccc1)c1ccccn1. The van der Waals surface area contributed by atoms with Gasteiger partial charge in [0.15, 0.2) is 0 Å². The summed E-state index contributed by atoms with van der Waals surface area (Å²) in [6.07, 6.45) is 2.17. The number of carbonyl (C=O) groups is 1. The number of aromatic nitrogens is 1. The first kappa shape index (κ1) is 17.3. The molecule has 1 N–H and O–H groups in total. The van der Waals surface area contributed by atoms with Crippen LogP contribution in [0.5, 0.6) is 0 Å². The van der Waals surface area contributed by atoms with Crippen molar-refractivity contribution in [1.29, 1.82) is 0 Å². The second kappa shape index (κ2) is 8.56. The van der Waals surface area contributed by atoms with E-state index >= 15 is 0 Å². The maximum atomic E-state index is 13.6. The van der Waals surface area contributed by atoms with Gasteiger partial charge in [-0.2, -0.15) is 0 Å². The van der Waals surface area contributed by atoms with E-state index in [1.54, 1.807) is 30.5 Å². The molecule has 0 unspecified atom stereocenters. The number of pyridine rings is 1. The number of nitrogens with zero attached hydrogens (tertiary/aromatic N) is 1. The summed E-state index contributed by atoms with van der Waals surface area (Å²) < 4.78 is 16.0. The average Bonchev–Trinajstić information content (AvgIpc) is 2.65. The summed E-state index contributed by atoms with van der Waals surface area (Å²) in [4.78, 5) is 16.1. The van der Waals surface area contributed by atoms with Gasteiger partial charge in [-0.1, -0.05) is 0 Å². The molecule has 0 saturated heterocycles. The summed E-state index contributed by atoms with van der Waals surface area (Å²) >= 11 is 0.106. The fraction of sp³-hybridized carbons (Fsp3) is 0.100. The summed E-state index contributed by atoms with van der Waals surface area (Å²) in [7, 11) is 0. The van der Waals surface area contributed by atoms with E-state index in [1.165, 1.54) is 10.5 Å². The van der Waals surface area contributed by atoms with Crippen molar-refractivity contribution < 1.29 is 9.18 Å². The van der Waals surface area contributed by atoms with Crippen LogP contribution in [-0.2, 0) is 6.42 Å². The molecule has 0 aliphatic carbocycles. The monoisotopic (exact) mass is 400 g/mol. The van der Waals surface area contributed by atoms with Gasteiger partial charge in [0.25, 0.3) is 0 Å². The molecule has 1 heterocycles. The van der Waals surface area contributed by atoms with Crippen LogP contribution in [0.1, 0.15) is 16.1 Å². The van der Waals surface area contributed by atoms with Crippen LogP contribution in [0.3, 0.4) is 0 Å². The molecule has 25 heavy (non-hydrogen) atoms. The summed E-state index contributed by atoms with van der Waals surface area (Å²) in [6.45, 7) is 0.441. The molecule has 3 aromatic rings. The molecule has 0 radical (unpaired) electrons. The number of benzene rings is 2. The Morgan fingerprint density at radius 2 is 1.84 bits per heavy atom. The van der Waals surface area contributed by atoms with Gasteiger partial charge >= 0.3 is 152 Å². The van der Waals surface area contributed by atoms with Crippen LogP contribution < -0.4 is 14.2 Å². The zero-order valence-electron chi connectivity index (χ0n) is 13.5. The molecule has 3 rings (SSSR count). The molecule has 3 nitrogen and oxygen atoms in total. The topological polar surface area (TPSA) is 42.0 Å². The van der Waals surface area contributed by atoms with Crippen LogP contribution in [0.2, 0.25) is 0 Å². The Morgan fingerprint density at radius 3 is 2.60 bits per heavy atom. The maximum absolute atomic E-state index is 13.6. The molecule has 1 amide bonds. The van der Waals surface area contributed by atoms with Crippen molar-refractivity contribution in [2.75, 3.05) is 6.54 Å². The van der Waals surface area contributed by atoms with Gasteiger partial charge in [-0.3, -0.25) is 0 Å². The van der Waals surface area contributed by atoms with Crippen molar-refractivity contribution in [1.82, 2.24) is 10.3 Å². The first-order chi connectivity index (χ1) is 12.2. The standard InChI is InChI=1S/C20H17FN2OSe/c21-16-9-10-19(25-17-6-2-1-3-7-17)15(14-16)11-13-23-20(24)18-8-4-5-12-22-18/h1-10,12,14H,11,13H2,(H,23,24). The van der Waals surface area contributed by atoms with E-state index in [9.17, 15) is 9.18 Å². The summed E-state index contributed by atoms with van der Waals surface area (Å²) in [5.74, 6) is -0.467. The molecule has 0 bridgehead atoms. The Bertz CT molecular complexity index is 841. The first-order valence-electron chi connectivity index (χ1n) is 7.93. The Hall–Kier alpha value is -2.49. The predicted molar refractivity (Wildman–Crippen MR) is 98.1 cm³/mol. The molecule has 0 aliphatic heterocycles. The van der Waals surface area contributed by atoms with E-state index in [0.29, 0.717) is 18.7 Å². The van der Waals surface area contributed by atoms with Crippen molar-refractivity contribution in [2.45, 2.75) is 6.42 Å². The average molecular weight is 399 g/mol. The summed E-state index contributed by atoms with van der Waals surface area (Å²) in [5.41, 5.74) is 1.32. The second-order valence-electron chi connectivity index (χ2n) is 5.39. The molecule has 126 valence electrons. The van der Waals surface area contributed by atoms with Crippen LogP contribution in [-0.4, -0.2) is 32.4 Å². The number of carbonyl (C=O) groups excluding carboxylic acids is 1. The third-order valence-corrected chi connectivity index (χ3v) is 5.93. The van der Waals surface area contributed by atoms with Crippen LogP contribution in [0.15, 0.2) is 72.9 Å². The number of rotatable bonds is 6. The second-order valence-corrected chi connectivity index (χ2v) is 7.73. The molecular weight excluding hydrogens is 382 g/mol. The van der Waals surface area contributed by atoms with Crippen molar-refractivity contribution in [3.05, 3.63) is 90.0 Å². The number of halogens is 1. The van der Waals surface area contributed by atoms with Crippen LogP contribution in [0.25, 0.3) is 0 Å². The van der Waals surface area contributed by atoms with Crippen molar-refractivity contribution in [3.8, 4) is 0 Å². The van der Waals surface area contributed by atoms with Gasteiger partial charge in [-0.15, -0.1) is 0 Å². The molecule has 1 aromatic heterocycles. The quantitative estimate of drug-likeness (QED) is 0.643. The number of amides is 1. The Balaban J connectivity index is 1.65. The van der Waals surface area contributed by atoms with Gasteiger partial charge < -0.3 is 0 Å². The van der Waals surface area contributed by atoms with Gasteiger partial charge in [0.2, 0.25) is 0 Å². The van der Waals surface area contributed by atoms with E-state index in [2.05, 4.69) is 22.4 Å². The number of nitrogens with one attached hydrogen (secondary N) is 1. The Morgan fingerprint density at radius 1 is 1.04 bits per heavy atom. The molecule has 0 saturated carbocycles. The van der Waals surface area contributed by atoms with E-state index in [1.807, 2.05) is 24.3 Å². The Kier molecular flexibility index (Phi) is 5.94. The van der Waals surface area contributed by atoms with Gasteiger partial charge in [0.05, 0.1) is 0 Å². The number of hydrogen-bond acceptors (Lipinski definition) is 2. The third-order valence-electron chi connectivity index (χ3n) is 3.57. The van der Waals surface area contributed by atoms with Crippen molar-refractivity contribution in [2.24, 2.45) is 0 Å². The Labute approximate surface area is 152 Å². The van der Waals surface area contributed by atoms with E-state index in [-0.39, 0.29) is 26.7 Å². The molecule has 0 aliphatic rings. The molecule has 2 aromatic carbocycles. The van der Waals surface area contributed by atoms with Crippen LogP contribution >= 0.6 is 0 Å². The van der Waals surface area contributed by atoms with Crippen molar-refractivity contribution >= 4 is 29.8 Å². The normalized spacial score (nSPS) is 10.4. The molecular formula is C20H17FN2OSe. The minimum atomic E-state index is -0.251. The van der Waals surface area contributed by atoms with Gasteiger partial charge in [0, 0.05) is 0 Å². The summed E-state index contributed by atoms with van der Waals surface area (Å²) in [6, 6.07) is 20.3. The first-order valence-corrected chi connectivity index (χ1v) is 9.64. The predicted octanol–water partition coefficient (Wildman–Crippen LogP) is 1.85. The zero-order valence-corrected chi connectivity index (χ0v) is 15.2. The van der Waals surface area contributed by atoms with Gasteiger partial charge in [0.1, 0.15) is 0 Å². The fourth-order valence-electron chi connectivity index (χ4n) is 2.36. The third kappa shape index (κ3) is 4.99. The van der Waals surface area contributed by atoms with Crippen LogP contribution in [0.4, 0.5) is 4.39 Å². The summed E-state index contributed by atoms with van der Waals surface area (Å²) in [5, 5.41) is 2.84. The zero-order chi connectivity index (χ0) is 17.5. The van der Waals surface area contributed by atoms with E-state index in [4.69, 9.17) is 0 Å². The molecule has 5 heteroatoms. The van der Waals surface area contributed by atoms with Gasteiger partial charge in [-0.25, -0.2) is 0 Å². The fourth-order valence-corrected chi connectivity index (χ4v) is 4.40. The van der Waals surface area contributed by atoms with E-state index in [0.717, 1.165) is 10.0 Å². The van der Waals surface area contributed by atoms with Crippen molar-refractivity contribution in [3.63, 3.8) is 0 Å². The minimum absolute atomic E-state index is 0.106. The van der Waals surface area contributed by atoms with E-state index < -0.39 is 0 Å². The number of hydrogen-bond donors (Lipinski definition) is 1. The molecule has 0 spiro atoms. The van der Waals surface area contributed by atoms with Crippen LogP contribution in [0, 0.1) is 5.82 Å². The molecule has 0 fully saturated rings. The molecule has 0 atom stereocenters. The van der Waals surface area contributed by atoms with Gasteiger partial charge in [-0.05, 0) is 0 Å².